The Bertz CT molecular complexity index is 1430. The minimum Gasteiger partial charge on any atom is -0.481 e. The minimum atomic E-state index is -0.930. The SMILES string of the molecule is CC(C)c1ccc2c(c1)c(Sc1ccccc1C(C)C)c(CC(C)(C)C(=O)O)n2Cc1ccccc1Cl. The molecule has 3 nitrogen and oxygen atoms in total. The Labute approximate surface area is 229 Å². The summed E-state index contributed by atoms with van der Waals surface area (Å²) in [5.74, 6) is -0.0372. The first kappa shape index (κ1) is 27.3. The molecule has 0 radical (unpaired) electrons. The number of fused-ring (bicyclic) bond motifs is 1. The number of carboxylic acid groups (broad SMARTS) is 1. The first-order valence-electron chi connectivity index (χ1n) is 12.9. The highest BCUT2D eigenvalue weighted by atomic mass is 35.5. The van der Waals surface area contributed by atoms with Crippen LogP contribution in [0.1, 0.15) is 75.8 Å². The van der Waals surface area contributed by atoms with E-state index in [9.17, 15) is 9.90 Å². The molecule has 0 atom stereocenters. The van der Waals surface area contributed by atoms with E-state index in [1.807, 2.05) is 38.1 Å². The summed E-state index contributed by atoms with van der Waals surface area (Å²) in [6, 6.07) is 23.1. The zero-order valence-corrected chi connectivity index (χ0v) is 24.1. The lowest BCUT2D eigenvalue weighted by Crippen LogP contribution is -2.27. The highest BCUT2D eigenvalue weighted by Crippen LogP contribution is 2.44. The van der Waals surface area contributed by atoms with E-state index >= 15 is 0 Å². The number of aliphatic carboxylic acids is 1. The van der Waals surface area contributed by atoms with Crippen LogP contribution in [0, 0.1) is 5.41 Å². The van der Waals surface area contributed by atoms with Gasteiger partial charge in [0.05, 0.1) is 5.41 Å². The summed E-state index contributed by atoms with van der Waals surface area (Å²) >= 11 is 8.37. The molecule has 4 aromatic rings. The molecule has 0 aliphatic rings. The summed E-state index contributed by atoms with van der Waals surface area (Å²) in [5, 5.41) is 12.0. The van der Waals surface area contributed by atoms with Crippen molar-refractivity contribution in [1.82, 2.24) is 4.57 Å². The van der Waals surface area contributed by atoms with Crippen molar-refractivity contribution in [2.24, 2.45) is 5.41 Å². The third-order valence-corrected chi connectivity index (χ3v) is 8.66. The van der Waals surface area contributed by atoms with Gasteiger partial charge in [-0.2, -0.15) is 0 Å². The summed E-state index contributed by atoms with van der Waals surface area (Å²) in [5.41, 5.74) is 4.79. The smallest absolute Gasteiger partial charge is 0.309 e. The maximum atomic E-state index is 12.3. The molecule has 0 bridgehead atoms. The van der Waals surface area contributed by atoms with Gasteiger partial charge in [-0.1, -0.05) is 93.5 Å². The molecule has 0 aliphatic heterocycles. The number of hydrogen-bond donors (Lipinski definition) is 1. The van der Waals surface area contributed by atoms with Gasteiger partial charge in [0, 0.05) is 44.4 Å². The molecule has 0 fully saturated rings. The third kappa shape index (κ3) is 5.76. The third-order valence-electron chi connectivity index (χ3n) is 7.04. The van der Waals surface area contributed by atoms with Crippen molar-refractivity contribution in [3.05, 3.63) is 94.1 Å². The summed E-state index contributed by atoms with van der Waals surface area (Å²) in [4.78, 5) is 14.6. The average Bonchev–Trinajstić information content (AvgIpc) is 3.11. The van der Waals surface area contributed by atoms with Crippen LogP contribution in [0.3, 0.4) is 0 Å². The molecule has 0 spiro atoms. The van der Waals surface area contributed by atoms with E-state index in [2.05, 4.69) is 74.7 Å². The molecular weight excluding hydrogens is 498 g/mol. The fourth-order valence-corrected chi connectivity index (χ4v) is 6.23. The molecule has 1 heterocycles. The summed E-state index contributed by atoms with van der Waals surface area (Å²) in [6.07, 6.45) is 0.407. The topological polar surface area (TPSA) is 42.2 Å². The molecule has 0 unspecified atom stereocenters. The van der Waals surface area contributed by atoms with Crippen molar-refractivity contribution in [2.75, 3.05) is 0 Å². The largest absolute Gasteiger partial charge is 0.481 e. The molecule has 4 rings (SSSR count). The second-order valence-corrected chi connectivity index (χ2v) is 12.5. The van der Waals surface area contributed by atoms with Gasteiger partial charge in [-0.05, 0) is 66.6 Å². The lowest BCUT2D eigenvalue weighted by molar-refractivity contribution is -0.146. The van der Waals surface area contributed by atoms with E-state index in [-0.39, 0.29) is 0 Å². The van der Waals surface area contributed by atoms with Gasteiger partial charge in [0.15, 0.2) is 0 Å². The molecule has 37 heavy (non-hydrogen) atoms. The fraction of sp³-hybridized carbons (Fsp3) is 0.344. The van der Waals surface area contributed by atoms with Crippen molar-refractivity contribution in [3.8, 4) is 0 Å². The van der Waals surface area contributed by atoms with E-state index in [1.54, 1.807) is 11.8 Å². The predicted octanol–water partition coefficient (Wildman–Crippen LogP) is 9.39. The summed E-state index contributed by atoms with van der Waals surface area (Å²) < 4.78 is 2.28. The first-order chi connectivity index (χ1) is 17.5. The van der Waals surface area contributed by atoms with Crippen molar-refractivity contribution in [2.45, 2.75) is 76.1 Å². The van der Waals surface area contributed by atoms with E-state index < -0.39 is 11.4 Å². The van der Waals surface area contributed by atoms with Gasteiger partial charge in [0.2, 0.25) is 0 Å². The molecule has 1 aromatic heterocycles. The van der Waals surface area contributed by atoms with Gasteiger partial charge in [-0.15, -0.1) is 0 Å². The van der Waals surface area contributed by atoms with Crippen LogP contribution in [0.4, 0.5) is 0 Å². The standard InChI is InChI=1S/C32H36ClNO2S/c1-20(2)22-15-16-27-25(17-22)30(37-29-14-10-8-12-24(29)21(3)4)28(18-32(5,6)31(35)36)34(27)19-23-11-7-9-13-26(23)33/h7-17,20-21H,18-19H2,1-6H3,(H,35,36). The van der Waals surface area contributed by atoms with Gasteiger partial charge in [-0.3, -0.25) is 4.79 Å². The fourth-order valence-electron chi connectivity index (χ4n) is 4.68. The quantitative estimate of drug-likeness (QED) is 0.233. The second-order valence-electron chi connectivity index (χ2n) is 11.0. The van der Waals surface area contributed by atoms with Gasteiger partial charge < -0.3 is 9.67 Å². The molecule has 0 aliphatic carbocycles. The number of hydrogen-bond acceptors (Lipinski definition) is 2. The van der Waals surface area contributed by atoms with Gasteiger partial charge in [0.1, 0.15) is 0 Å². The number of halogens is 1. The zero-order chi connectivity index (χ0) is 26.9. The van der Waals surface area contributed by atoms with Gasteiger partial charge in [0.25, 0.3) is 0 Å². The molecule has 5 heteroatoms. The lowest BCUT2D eigenvalue weighted by Gasteiger charge is -2.22. The molecule has 0 saturated heterocycles. The van der Waals surface area contributed by atoms with E-state index in [0.29, 0.717) is 29.8 Å². The Morgan fingerprint density at radius 3 is 2.30 bits per heavy atom. The first-order valence-corrected chi connectivity index (χ1v) is 14.1. The maximum absolute atomic E-state index is 12.3. The Morgan fingerprint density at radius 1 is 0.973 bits per heavy atom. The summed E-state index contributed by atoms with van der Waals surface area (Å²) in [7, 11) is 0. The van der Waals surface area contributed by atoms with Gasteiger partial charge in [-0.25, -0.2) is 0 Å². The second kappa shape index (κ2) is 11.0. The molecule has 0 saturated carbocycles. The average molecular weight is 534 g/mol. The number of nitrogens with zero attached hydrogens (tertiary/aromatic N) is 1. The Kier molecular flexibility index (Phi) is 8.11. The van der Waals surface area contributed by atoms with Crippen molar-refractivity contribution < 1.29 is 9.90 Å². The molecular formula is C32H36ClNO2S. The highest BCUT2D eigenvalue weighted by molar-refractivity contribution is 7.99. The number of carboxylic acids is 1. The van der Waals surface area contributed by atoms with E-state index in [4.69, 9.17) is 11.6 Å². The molecule has 3 aromatic carbocycles. The normalized spacial score (nSPS) is 12.1. The number of aromatic nitrogens is 1. The van der Waals surface area contributed by atoms with Crippen molar-refractivity contribution in [3.63, 3.8) is 0 Å². The number of benzene rings is 3. The maximum Gasteiger partial charge on any atom is 0.309 e. The number of carbonyl (C=O) groups is 1. The lowest BCUT2D eigenvalue weighted by atomic mass is 9.88. The monoisotopic (exact) mass is 533 g/mol. The Morgan fingerprint density at radius 2 is 1.65 bits per heavy atom. The van der Waals surface area contributed by atoms with Crippen LogP contribution in [-0.2, 0) is 17.8 Å². The Hall–Kier alpha value is -2.69. The van der Waals surface area contributed by atoms with Crippen LogP contribution in [0.5, 0.6) is 0 Å². The number of rotatable bonds is 9. The van der Waals surface area contributed by atoms with E-state index in [0.717, 1.165) is 27.1 Å². The molecule has 1 N–H and O–H groups in total. The predicted molar refractivity (Wildman–Crippen MR) is 156 cm³/mol. The van der Waals surface area contributed by atoms with Crippen LogP contribution >= 0.6 is 23.4 Å². The molecule has 0 amide bonds. The van der Waals surface area contributed by atoms with E-state index in [1.165, 1.54) is 16.0 Å². The van der Waals surface area contributed by atoms with Crippen LogP contribution in [0.2, 0.25) is 5.02 Å². The van der Waals surface area contributed by atoms with Crippen molar-refractivity contribution >= 4 is 40.2 Å². The van der Waals surface area contributed by atoms with Crippen LogP contribution in [0.15, 0.2) is 76.5 Å². The minimum absolute atomic E-state index is 0.380. The zero-order valence-electron chi connectivity index (χ0n) is 22.5. The highest BCUT2D eigenvalue weighted by Gasteiger charge is 2.32. The summed E-state index contributed by atoms with van der Waals surface area (Å²) in [6.45, 7) is 13.0. The van der Waals surface area contributed by atoms with Crippen LogP contribution in [0.25, 0.3) is 10.9 Å². The van der Waals surface area contributed by atoms with Crippen LogP contribution in [-0.4, -0.2) is 15.6 Å². The van der Waals surface area contributed by atoms with Gasteiger partial charge >= 0.3 is 5.97 Å². The van der Waals surface area contributed by atoms with Crippen molar-refractivity contribution in [1.29, 1.82) is 0 Å². The molecule has 194 valence electrons. The van der Waals surface area contributed by atoms with Crippen LogP contribution < -0.4 is 0 Å². The Balaban J connectivity index is 2.02.